The molecule has 1 heterocycles. The fourth-order valence-corrected chi connectivity index (χ4v) is 3.14. The van der Waals surface area contributed by atoms with E-state index in [0.717, 1.165) is 5.56 Å². The topological polar surface area (TPSA) is 81.2 Å². The average Bonchev–Trinajstić information content (AvgIpc) is 3.08. The molecular weight excluding hydrogens is 438 g/mol. The molecule has 3 aromatic rings. The fourth-order valence-electron chi connectivity index (χ4n) is 2.69. The number of alkyl halides is 2. The van der Waals surface area contributed by atoms with Crippen molar-refractivity contribution in [2.45, 2.75) is 19.6 Å². The van der Waals surface area contributed by atoms with Gasteiger partial charge in [-0.15, -0.1) is 0 Å². The van der Waals surface area contributed by atoms with Crippen LogP contribution in [0.1, 0.15) is 6.42 Å². The van der Waals surface area contributed by atoms with Crippen LogP contribution in [0.3, 0.4) is 0 Å². The molecule has 7 nitrogen and oxygen atoms in total. The van der Waals surface area contributed by atoms with Gasteiger partial charge in [0.05, 0.1) is 12.1 Å². The molecular formula is C19H17ClF2N4O3S. The van der Waals surface area contributed by atoms with Crippen molar-refractivity contribution in [3.63, 3.8) is 0 Å². The summed E-state index contributed by atoms with van der Waals surface area (Å²) in [6.45, 7) is -2.70. The molecule has 2 aromatic carbocycles. The van der Waals surface area contributed by atoms with Crippen LogP contribution in [-0.4, -0.2) is 34.4 Å². The first-order valence-electron chi connectivity index (χ1n) is 8.71. The highest BCUT2D eigenvalue weighted by molar-refractivity contribution is 7.71. The van der Waals surface area contributed by atoms with Crippen molar-refractivity contribution in [3.05, 3.63) is 52.3 Å². The summed E-state index contributed by atoms with van der Waals surface area (Å²) in [6, 6.07) is 11.3. The highest BCUT2D eigenvalue weighted by Gasteiger charge is 2.13. The van der Waals surface area contributed by atoms with Crippen LogP contribution in [0.2, 0.25) is 5.02 Å². The lowest BCUT2D eigenvalue weighted by Gasteiger charge is -2.10. The molecule has 0 aliphatic heterocycles. The minimum Gasteiger partial charge on any atom is -0.497 e. The van der Waals surface area contributed by atoms with E-state index in [1.165, 1.54) is 18.2 Å². The van der Waals surface area contributed by atoms with Gasteiger partial charge in [-0.25, -0.2) is 0 Å². The van der Waals surface area contributed by atoms with Crippen LogP contribution in [-0.2, 0) is 11.3 Å². The minimum absolute atomic E-state index is 0.0352. The van der Waals surface area contributed by atoms with E-state index in [2.05, 4.69) is 20.3 Å². The number of amides is 1. The predicted molar refractivity (Wildman–Crippen MR) is 111 cm³/mol. The predicted octanol–water partition coefficient (Wildman–Crippen LogP) is 4.90. The number of carbonyl (C=O) groups excluding carboxylic acids is 1. The number of hydrogen-bond acceptors (Lipinski definition) is 5. The van der Waals surface area contributed by atoms with Crippen LogP contribution in [0.15, 0.2) is 42.5 Å². The third-order valence-electron chi connectivity index (χ3n) is 4.10. The summed E-state index contributed by atoms with van der Waals surface area (Å²) in [5.41, 5.74) is 1.17. The lowest BCUT2D eigenvalue weighted by molar-refractivity contribution is -0.116. The van der Waals surface area contributed by atoms with Crippen molar-refractivity contribution in [1.82, 2.24) is 14.8 Å². The maximum absolute atomic E-state index is 12.3. The van der Waals surface area contributed by atoms with Crippen molar-refractivity contribution in [3.8, 4) is 22.9 Å². The van der Waals surface area contributed by atoms with Crippen molar-refractivity contribution in [2.75, 3.05) is 12.4 Å². The summed E-state index contributed by atoms with van der Waals surface area (Å²) in [4.78, 5) is 12.3. The normalized spacial score (nSPS) is 10.8. The minimum atomic E-state index is -2.98. The molecule has 0 aliphatic carbocycles. The van der Waals surface area contributed by atoms with E-state index in [1.54, 1.807) is 23.8 Å². The molecule has 0 radical (unpaired) electrons. The Morgan fingerprint density at radius 2 is 2.03 bits per heavy atom. The summed E-state index contributed by atoms with van der Waals surface area (Å²) in [6.07, 6.45) is 0.101. The zero-order valence-electron chi connectivity index (χ0n) is 15.7. The molecule has 0 atom stereocenters. The zero-order chi connectivity index (χ0) is 21.7. The van der Waals surface area contributed by atoms with Gasteiger partial charge in [-0.05, 0) is 54.7 Å². The van der Waals surface area contributed by atoms with Crippen molar-refractivity contribution >= 4 is 35.4 Å². The van der Waals surface area contributed by atoms with Crippen LogP contribution < -0.4 is 14.8 Å². The molecule has 158 valence electrons. The first-order chi connectivity index (χ1) is 14.4. The number of benzene rings is 2. The number of aromatic amines is 1. The summed E-state index contributed by atoms with van der Waals surface area (Å²) >= 11 is 11.2. The second-order valence-corrected chi connectivity index (χ2v) is 6.85. The zero-order valence-corrected chi connectivity index (χ0v) is 17.3. The molecule has 2 N–H and O–H groups in total. The number of aromatic nitrogens is 3. The largest absolute Gasteiger partial charge is 0.497 e. The summed E-state index contributed by atoms with van der Waals surface area (Å²) in [5, 5.41) is 9.58. The van der Waals surface area contributed by atoms with Gasteiger partial charge in [0, 0.05) is 24.2 Å². The summed E-state index contributed by atoms with van der Waals surface area (Å²) < 4.78 is 36.1. The average molecular weight is 455 g/mol. The van der Waals surface area contributed by atoms with E-state index in [-0.39, 0.29) is 29.6 Å². The number of anilines is 1. The Labute approximate surface area is 180 Å². The highest BCUT2D eigenvalue weighted by Crippen LogP contribution is 2.29. The number of halogens is 3. The first kappa shape index (κ1) is 21.7. The van der Waals surface area contributed by atoms with Crippen molar-refractivity contribution in [2.24, 2.45) is 0 Å². The third-order valence-corrected chi connectivity index (χ3v) is 4.71. The Kier molecular flexibility index (Phi) is 7.01. The van der Waals surface area contributed by atoms with E-state index in [0.29, 0.717) is 22.0 Å². The van der Waals surface area contributed by atoms with E-state index < -0.39 is 6.61 Å². The SMILES string of the molecule is COc1ccc(-c2n[nH]c(=S)n2CCC(=O)Nc2ccc(OC(F)F)c(Cl)c2)cc1. The Morgan fingerprint density at radius 1 is 1.30 bits per heavy atom. The number of nitrogens with zero attached hydrogens (tertiary/aromatic N) is 2. The Balaban J connectivity index is 1.66. The molecule has 0 aliphatic rings. The molecule has 1 amide bonds. The van der Waals surface area contributed by atoms with Gasteiger partial charge in [0.25, 0.3) is 0 Å². The first-order valence-corrected chi connectivity index (χ1v) is 9.50. The van der Waals surface area contributed by atoms with Crippen LogP contribution in [0.4, 0.5) is 14.5 Å². The Bertz CT molecular complexity index is 1090. The number of methoxy groups -OCH3 is 1. The van der Waals surface area contributed by atoms with Gasteiger partial charge >= 0.3 is 6.61 Å². The summed E-state index contributed by atoms with van der Waals surface area (Å²) in [7, 11) is 1.58. The maximum Gasteiger partial charge on any atom is 0.387 e. The molecule has 0 bridgehead atoms. The second kappa shape index (κ2) is 9.68. The van der Waals surface area contributed by atoms with Gasteiger partial charge in [-0.1, -0.05) is 11.6 Å². The molecule has 3 rings (SSSR count). The molecule has 30 heavy (non-hydrogen) atoms. The lowest BCUT2D eigenvalue weighted by atomic mass is 10.2. The number of carbonyl (C=O) groups is 1. The van der Waals surface area contributed by atoms with Crippen LogP contribution in [0.5, 0.6) is 11.5 Å². The number of H-pyrrole nitrogens is 1. The lowest BCUT2D eigenvalue weighted by Crippen LogP contribution is -2.15. The van der Waals surface area contributed by atoms with Gasteiger partial charge in [0.15, 0.2) is 10.6 Å². The molecule has 1 aromatic heterocycles. The Hall–Kier alpha value is -2.98. The number of hydrogen-bond donors (Lipinski definition) is 2. The molecule has 0 saturated heterocycles. The third kappa shape index (κ3) is 5.33. The van der Waals surface area contributed by atoms with Gasteiger partial charge in [-0.3, -0.25) is 14.5 Å². The molecule has 0 spiro atoms. The van der Waals surface area contributed by atoms with Crippen LogP contribution >= 0.6 is 23.8 Å². The molecule has 11 heteroatoms. The highest BCUT2D eigenvalue weighted by atomic mass is 35.5. The maximum atomic E-state index is 12.3. The molecule has 0 saturated carbocycles. The number of nitrogens with one attached hydrogen (secondary N) is 2. The quantitative estimate of drug-likeness (QED) is 0.473. The van der Waals surface area contributed by atoms with E-state index in [9.17, 15) is 13.6 Å². The molecule has 0 unspecified atom stereocenters. The number of ether oxygens (including phenoxy) is 2. The standard InChI is InChI=1S/C19H17ClF2N4O3S/c1-28-13-5-2-11(3-6-13)17-24-25-19(30)26(17)9-8-16(27)23-12-4-7-15(14(20)10-12)29-18(21)22/h2-7,10,18H,8-9H2,1H3,(H,23,27)(H,25,30). The summed E-state index contributed by atoms with van der Waals surface area (Å²) in [5.74, 6) is 0.824. The van der Waals surface area contributed by atoms with Crippen molar-refractivity contribution in [1.29, 1.82) is 0 Å². The van der Waals surface area contributed by atoms with Crippen molar-refractivity contribution < 1.29 is 23.0 Å². The van der Waals surface area contributed by atoms with Crippen LogP contribution in [0.25, 0.3) is 11.4 Å². The van der Waals surface area contributed by atoms with Gasteiger partial charge in [-0.2, -0.15) is 13.9 Å². The molecule has 0 fully saturated rings. The van der Waals surface area contributed by atoms with Crippen LogP contribution in [0, 0.1) is 4.77 Å². The fraction of sp³-hybridized carbons (Fsp3) is 0.211. The second-order valence-electron chi connectivity index (χ2n) is 6.05. The van der Waals surface area contributed by atoms with E-state index in [1.807, 2.05) is 12.1 Å². The van der Waals surface area contributed by atoms with Gasteiger partial charge in [0.2, 0.25) is 5.91 Å². The van der Waals surface area contributed by atoms with E-state index >= 15 is 0 Å². The monoisotopic (exact) mass is 454 g/mol. The van der Waals surface area contributed by atoms with Gasteiger partial charge in [0.1, 0.15) is 11.5 Å². The van der Waals surface area contributed by atoms with E-state index in [4.69, 9.17) is 28.6 Å². The smallest absolute Gasteiger partial charge is 0.387 e. The Morgan fingerprint density at radius 3 is 2.67 bits per heavy atom. The number of rotatable bonds is 8. The van der Waals surface area contributed by atoms with Gasteiger partial charge < -0.3 is 14.8 Å².